The zero-order chi connectivity index (χ0) is 19.3. The van der Waals surface area contributed by atoms with Gasteiger partial charge in [-0.05, 0) is 58.3 Å². The van der Waals surface area contributed by atoms with Gasteiger partial charge in [0, 0.05) is 18.5 Å². The van der Waals surface area contributed by atoms with E-state index in [1.54, 1.807) is 17.0 Å². The van der Waals surface area contributed by atoms with Crippen molar-refractivity contribution in [2.45, 2.75) is 5.92 Å². The highest BCUT2D eigenvalue weighted by atomic mass is 16.3. The number of phenols is 1. The zero-order valence-corrected chi connectivity index (χ0v) is 15.3. The molecular formula is C24H19NO3. The predicted octanol–water partition coefficient (Wildman–Crippen LogP) is 5.07. The summed E-state index contributed by atoms with van der Waals surface area (Å²) in [6.45, 7) is 4.85. The zero-order valence-electron chi connectivity index (χ0n) is 15.3. The Bertz CT molecular complexity index is 1230. The van der Waals surface area contributed by atoms with Crippen LogP contribution in [-0.2, 0) is 4.79 Å². The average Bonchev–Trinajstić information content (AvgIpc) is 3.08. The van der Waals surface area contributed by atoms with E-state index in [1.165, 1.54) is 6.08 Å². The topological polar surface area (TPSA) is 53.7 Å². The van der Waals surface area contributed by atoms with Crippen LogP contribution in [-0.4, -0.2) is 29.0 Å². The molecule has 1 saturated heterocycles. The third kappa shape index (κ3) is 2.65. The summed E-state index contributed by atoms with van der Waals surface area (Å²) in [5.41, 5.74) is 2.85. The summed E-state index contributed by atoms with van der Waals surface area (Å²) in [4.78, 5) is 13.4. The van der Waals surface area contributed by atoms with Crippen molar-refractivity contribution in [3.05, 3.63) is 79.1 Å². The van der Waals surface area contributed by atoms with Gasteiger partial charge < -0.3 is 14.4 Å². The number of hydrogen-bond donors (Lipinski definition) is 1. The minimum Gasteiger partial charge on any atom is -0.508 e. The van der Waals surface area contributed by atoms with Gasteiger partial charge in [0.15, 0.2) is 0 Å². The van der Waals surface area contributed by atoms with Gasteiger partial charge in [-0.1, -0.05) is 36.9 Å². The number of phenolic OH excluding ortho intramolecular Hbond substituents is 1. The van der Waals surface area contributed by atoms with Gasteiger partial charge in [-0.15, -0.1) is 0 Å². The van der Waals surface area contributed by atoms with Crippen molar-refractivity contribution in [3.8, 4) is 16.9 Å². The molecule has 0 bridgehead atoms. The SMILES string of the molecule is C=CC(=O)N1CC(c2cc3cc(-c4cc(O)cc5ccccc45)ccc3o2)C1. The van der Waals surface area contributed by atoms with Gasteiger partial charge in [-0.3, -0.25) is 4.79 Å². The largest absolute Gasteiger partial charge is 0.508 e. The molecule has 4 nitrogen and oxygen atoms in total. The first-order valence-electron chi connectivity index (χ1n) is 9.29. The van der Waals surface area contributed by atoms with Crippen LogP contribution >= 0.6 is 0 Å². The van der Waals surface area contributed by atoms with Crippen LogP contribution in [0.1, 0.15) is 11.7 Å². The van der Waals surface area contributed by atoms with E-state index >= 15 is 0 Å². The van der Waals surface area contributed by atoms with Crippen LogP contribution in [0.15, 0.2) is 77.7 Å². The van der Waals surface area contributed by atoms with Gasteiger partial charge in [-0.2, -0.15) is 0 Å². The quantitative estimate of drug-likeness (QED) is 0.513. The number of aromatic hydroxyl groups is 1. The molecule has 28 heavy (non-hydrogen) atoms. The second kappa shape index (κ2) is 6.27. The van der Waals surface area contributed by atoms with E-state index in [9.17, 15) is 9.90 Å². The van der Waals surface area contributed by atoms with Crippen molar-refractivity contribution in [3.63, 3.8) is 0 Å². The number of carbonyl (C=O) groups is 1. The normalized spacial score (nSPS) is 14.4. The van der Waals surface area contributed by atoms with Crippen molar-refractivity contribution in [2.75, 3.05) is 13.1 Å². The molecule has 1 N–H and O–H groups in total. The molecule has 1 amide bonds. The van der Waals surface area contributed by atoms with Crippen LogP contribution in [0.3, 0.4) is 0 Å². The first-order valence-corrected chi connectivity index (χ1v) is 9.29. The van der Waals surface area contributed by atoms with Gasteiger partial charge in [-0.25, -0.2) is 0 Å². The minimum absolute atomic E-state index is 0.0367. The third-order valence-electron chi connectivity index (χ3n) is 5.46. The monoisotopic (exact) mass is 369 g/mol. The van der Waals surface area contributed by atoms with E-state index in [1.807, 2.05) is 30.3 Å². The van der Waals surface area contributed by atoms with Crippen LogP contribution in [0.2, 0.25) is 0 Å². The van der Waals surface area contributed by atoms with Gasteiger partial charge in [0.05, 0.1) is 5.92 Å². The Kier molecular flexibility index (Phi) is 3.72. The maximum atomic E-state index is 11.6. The summed E-state index contributed by atoms with van der Waals surface area (Å²) in [7, 11) is 0. The van der Waals surface area contributed by atoms with Crippen LogP contribution in [0.4, 0.5) is 0 Å². The van der Waals surface area contributed by atoms with Crippen molar-refractivity contribution in [1.29, 1.82) is 0 Å². The number of furan rings is 1. The Morgan fingerprint density at radius 2 is 1.89 bits per heavy atom. The van der Waals surface area contributed by atoms with E-state index in [0.717, 1.165) is 38.6 Å². The lowest BCUT2D eigenvalue weighted by molar-refractivity contribution is -0.130. The van der Waals surface area contributed by atoms with Gasteiger partial charge >= 0.3 is 0 Å². The number of nitrogens with zero attached hydrogens (tertiary/aromatic N) is 1. The molecule has 0 unspecified atom stereocenters. The van der Waals surface area contributed by atoms with E-state index in [4.69, 9.17) is 4.42 Å². The highest BCUT2D eigenvalue weighted by molar-refractivity contribution is 5.99. The van der Waals surface area contributed by atoms with Gasteiger partial charge in [0.2, 0.25) is 5.91 Å². The molecule has 0 spiro atoms. The summed E-state index contributed by atoms with van der Waals surface area (Å²) in [5, 5.41) is 13.3. The molecule has 1 aliphatic heterocycles. The molecule has 4 aromatic rings. The number of carbonyl (C=O) groups excluding carboxylic acids is 1. The van der Waals surface area contributed by atoms with E-state index in [2.05, 4.69) is 24.8 Å². The molecule has 3 aromatic carbocycles. The summed E-state index contributed by atoms with van der Waals surface area (Å²) >= 11 is 0. The molecule has 5 rings (SSSR count). The fourth-order valence-electron chi connectivity index (χ4n) is 3.93. The number of rotatable bonds is 3. The first-order chi connectivity index (χ1) is 13.6. The number of benzene rings is 3. The lowest BCUT2D eigenvalue weighted by Crippen LogP contribution is -2.47. The summed E-state index contributed by atoms with van der Waals surface area (Å²) in [6, 6.07) is 19.8. The second-order valence-corrected chi connectivity index (χ2v) is 7.26. The number of fused-ring (bicyclic) bond motifs is 2. The van der Waals surface area contributed by atoms with E-state index in [0.29, 0.717) is 13.1 Å². The van der Waals surface area contributed by atoms with Crippen molar-refractivity contribution in [2.24, 2.45) is 0 Å². The second-order valence-electron chi connectivity index (χ2n) is 7.26. The summed E-state index contributed by atoms with van der Waals surface area (Å²) in [6.07, 6.45) is 1.35. The minimum atomic E-state index is -0.0367. The molecule has 0 aliphatic carbocycles. The Labute approximate surface area is 162 Å². The highest BCUT2D eigenvalue weighted by Gasteiger charge is 2.32. The molecule has 1 fully saturated rings. The predicted molar refractivity (Wildman–Crippen MR) is 110 cm³/mol. The Balaban J connectivity index is 1.52. The van der Waals surface area contributed by atoms with E-state index in [-0.39, 0.29) is 17.6 Å². The Morgan fingerprint density at radius 1 is 1.07 bits per heavy atom. The van der Waals surface area contributed by atoms with Crippen molar-refractivity contribution in [1.82, 2.24) is 4.90 Å². The number of amides is 1. The molecule has 2 heterocycles. The number of hydrogen-bond acceptors (Lipinski definition) is 3. The van der Waals surface area contributed by atoms with Gasteiger partial charge in [0.1, 0.15) is 17.1 Å². The molecule has 0 atom stereocenters. The fraction of sp³-hybridized carbons (Fsp3) is 0.125. The fourth-order valence-corrected chi connectivity index (χ4v) is 3.93. The molecule has 1 aliphatic rings. The maximum absolute atomic E-state index is 11.6. The van der Waals surface area contributed by atoms with Crippen molar-refractivity contribution >= 4 is 27.6 Å². The highest BCUT2D eigenvalue weighted by Crippen LogP contribution is 2.36. The molecule has 0 saturated carbocycles. The third-order valence-corrected chi connectivity index (χ3v) is 5.46. The molecular weight excluding hydrogens is 350 g/mol. The lowest BCUT2D eigenvalue weighted by Gasteiger charge is -2.37. The smallest absolute Gasteiger partial charge is 0.246 e. The van der Waals surface area contributed by atoms with Crippen LogP contribution in [0.25, 0.3) is 32.9 Å². The standard InChI is InChI=1S/C24H19NO3/c1-2-24(27)25-13-18(14-25)23-11-17-9-16(7-8-22(17)28-23)21-12-19(26)10-15-5-3-4-6-20(15)21/h2-12,18,26H,1,13-14H2. The lowest BCUT2D eigenvalue weighted by atomic mass is 9.95. The van der Waals surface area contributed by atoms with Crippen LogP contribution in [0, 0.1) is 0 Å². The molecule has 138 valence electrons. The average molecular weight is 369 g/mol. The Morgan fingerprint density at radius 3 is 2.71 bits per heavy atom. The maximum Gasteiger partial charge on any atom is 0.246 e. The van der Waals surface area contributed by atoms with E-state index < -0.39 is 0 Å². The number of likely N-dealkylation sites (tertiary alicyclic amines) is 1. The van der Waals surface area contributed by atoms with Crippen LogP contribution in [0.5, 0.6) is 5.75 Å². The first kappa shape index (κ1) is 16.6. The van der Waals surface area contributed by atoms with Crippen molar-refractivity contribution < 1.29 is 14.3 Å². The molecule has 0 radical (unpaired) electrons. The summed E-state index contributed by atoms with van der Waals surface area (Å²) in [5.74, 6) is 1.34. The molecule has 4 heteroatoms. The Hall–Kier alpha value is -3.53. The molecule has 1 aromatic heterocycles. The summed E-state index contributed by atoms with van der Waals surface area (Å²) < 4.78 is 6.02. The van der Waals surface area contributed by atoms with Gasteiger partial charge in [0.25, 0.3) is 0 Å². The van der Waals surface area contributed by atoms with Crippen LogP contribution < -0.4 is 0 Å².